The van der Waals surface area contributed by atoms with Gasteiger partial charge in [0.25, 0.3) is 5.91 Å². The van der Waals surface area contributed by atoms with Crippen LogP contribution in [-0.4, -0.2) is 47.7 Å². The Hall–Kier alpha value is -2.61. The van der Waals surface area contributed by atoms with Gasteiger partial charge in [0.2, 0.25) is 0 Å². The SMILES string of the molecule is CCOc1cc(NC(=O)c2nnn(C3CCNCC3)c2C)ccc1OC. The normalized spacial score (nSPS) is 14.9. The quantitative estimate of drug-likeness (QED) is 0.821. The summed E-state index contributed by atoms with van der Waals surface area (Å²) in [6.45, 7) is 6.20. The van der Waals surface area contributed by atoms with Gasteiger partial charge in [-0.25, -0.2) is 4.68 Å². The van der Waals surface area contributed by atoms with Crippen molar-refractivity contribution in [3.8, 4) is 11.5 Å². The third-order valence-corrected chi connectivity index (χ3v) is 4.52. The van der Waals surface area contributed by atoms with Crippen LogP contribution in [0.4, 0.5) is 5.69 Å². The lowest BCUT2D eigenvalue weighted by atomic mass is 10.1. The van der Waals surface area contributed by atoms with E-state index in [-0.39, 0.29) is 11.9 Å². The lowest BCUT2D eigenvalue weighted by Gasteiger charge is -2.23. The minimum absolute atomic E-state index is 0.282. The van der Waals surface area contributed by atoms with E-state index in [0.717, 1.165) is 31.6 Å². The summed E-state index contributed by atoms with van der Waals surface area (Å²) in [7, 11) is 1.58. The van der Waals surface area contributed by atoms with E-state index >= 15 is 0 Å². The number of hydrogen-bond acceptors (Lipinski definition) is 6. The Morgan fingerprint density at radius 1 is 1.35 bits per heavy atom. The number of rotatable bonds is 6. The summed E-state index contributed by atoms with van der Waals surface area (Å²) in [5.74, 6) is 0.927. The topological polar surface area (TPSA) is 90.3 Å². The standard InChI is InChI=1S/C18H25N5O3/c1-4-26-16-11-13(5-6-15(16)25-3)20-18(24)17-12(2)23(22-21-17)14-7-9-19-10-8-14/h5-6,11,14,19H,4,7-10H2,1-3H3,(H,20,24). The van der Waals surface area contributed by atoms with Gasteiger partial charge in [0, 0.05) is 11.8 Å². The Labute approximate surface area is 152 Å². The molecular formula is C18H25N5O3. The van der Waals surface area contributed by atoms with Gasteiger partial charge in [-0.15, -0.1) is 5.10 Å². The van der Waals surface area contributed by atoms with E-state index < -0.39 is 0 Å². The van der Waals surface area contributed by atoms with E-state index in [1.807, 2.05) is 18.5 Å². The number of amides is 1. The van der Waals surface area contributed by atoms with Gasteiger partial charge in [0.15, 0.2) is 17.2 Å². The minimum Gasteiger partial charge on any atom is -0.493 e. The van der Waals surface area contributed by atoms with Crippen molar-refractivity contribution in [2.75, 3.05) is 32.1 Å². The first kappa shape index (κ1) is 18.2. The molecule has 0 radical (unpaired) electrons. The van der Waals surface area contributed by atoms with Crippen LogP contribution in [0.5, 0.6) is 11.5 Å². The summed E-state index contributed by atoms with van der Waals surface area (Å²) < 4.78 is 12.7. The first-order valence-corrected chi connectivity index (χ1v) is 8.88. The molecule has 1 aromatic carbocycles. The van der Waals surface area contributed by atoms with Gasteiger partial charge in [-0.05, 0) is 51.9 Å². The van der Waals surface area contributed by atoms with E-state index in [4.69, 9.17) is 9.47 Å². The number of anilines is 1. The van der Waals surface area contributed by atoms with Crippen LogP contribution >= 0.6 is 0 Å². The van der Waals surface area contributed by atoms with Crippen molar-refractivity contribution in [3.05, 3.63) is 29.6 Å². The molecule has 0 aliphatic carbocycles. The molecule has 0 atom stereocenters. The van der Waals surface area contributed by atoms with Gasteiger partial charge >= 0.3 is 0 Å². The summed E-state index contributed by atoms with van der Waals surface area (Å²) >= 11 is 0. The first-order chi connectivity index (χ1) is 12.6. The predicted octanol–water partition coefficient (Wildman–Crippen LogP) is 2.17. The van der Waals surface area contributed by atoms with E-state index in [1.165, 1.54) is 0 Å². The van der Waals surface area contributed by atoms with Crippen LogP contribution < -0.4 is 20.1 Å². The number of benzene rings is 1. The van der Waals surface area contributed by atoms with Gasteiger partial charge in [0.05, 0.1) is 25.5 Å². The molecule has 0 unspecified atom stereocenters. The molecule has 0 spiro atoms. The second-order valence-corrected chi connectivity index (χ2v) is 6.20. The van der Waals surface area contributed by atoms with Crippen molar-refractivity contribution in [3.63, 3.8) is 0 Å². The summed E-state index contributed by atoms with van der Waals surface area (Å²) in [4.78, 5) is 12.6. The van der Waals surface area contributed by atoms with Gasteiger partial charge in [0.1, 0.15) is 0 Å². The number of piperidine rings is 1. The molecule has 8 nitrogen and oxygen atoms in total. The molecule has 26 heavy (non-hydrogen) atoms. The van der Waals surface area contributed by atoms with Gasteiger partial charge in [-0.3, -0.25) is 4.79 Å². The van der Waals surface area contributed by atoms with Crippen LogP contribution in [-0.2, 0) is 0 Å². The van der Waals surface area contributed by atoms with Gasteiger partial charge < -0.3 is 20.1 Å². The highest BCUT2D eigenvalue weighted by Crippen LogP contribution is 2.30. The molecule has 2 aromatic rings. The van der Waals surface area contributed by atoms with Gasteiger partial charge in [-0.2, -0.15) is 0 Å². The highest BCUT2D eigenvalue weighted by Gasteiger charge is 2.23. The van der Waals surface area contributed by atoms with Crippen LogP contribution in [0.3, 0.4) is 0 Å². The number of ether oxygens (including phenoxy) is 2. The molecule has 1 fully saturated rings. The average molecular weight is 359 g/mol. The molecule has 0 bridgehead atoms. The molecule has 8 heteroatoms. The molecule has 2 N–H and O–H groups in total. The maximum atomic E-state index is 12.6. The zero-order valence-electron chi connectivity index (χ0n) is 15.4. The van der Waals surface area contributed by atoms with Crippen LogP contribution in [0.15, 0.2) is 18.2 Å². The predicted molar refractivity (Wildman–Crippen MR) is 98.0 cm³/mol. The number of nitrogens with zero attached hydrogens (tertiary/aromatic N) is 3. The second-order valence-electron chi connectivity index (χ2n) is 6.20. The molecule has 3 rings (SSSR count). The lowest BCUT2D eigenvalue weighted by molar-refractivity contribution is 0.102. The molecular weight excluding hydrogens is 334 g/mol. The molecule has 1 aliphatic heterocycles. The Kier molecular flexibility index (Phi) is 5.72. The lowest BCUT2D eigenvalue weighted by Crippen LogP contribution is -2.30. The van der Waals surface area contributed by atoms with E-state index in [9.17, 15) is 4.79 Å². The van der Waals surface area contributed by atoms with E-state index in [1.54, 1.807) is 25.3 Å². The maximum absolute atomic E-state index is 12.6. The highest BCUT2D eigenvalue weighted by atomic mass is 16.5. The summed E-state index contributed by atoms with van der Waals surface area (Å²) in [5, 5.41) is 14.5. The monoisotopic (exact) mass is 359 g/mol. The molecule has 2 heterocycles. The Morgan fingerprint density at radius 2 is 2.12 bits per heavy atom. The zero-order chi connectivity index (χ0) is 18.5. The van der Waals surface area contributed by atoms with Crippen molar-refractivity contribution in [2.45, 2.75) is 32.7 Å². The van der Waals surface area contributed by atoms with Crippen molar-refractivity contribution in [1.82, 2.24) is 20.3 Å². The molecule has 1 saturated heterocycles. The summed E-state index contributed by atoms with van der Waals surface area (Å²) in [6.07, 6.45) is 1.98. The highest BCUT2D eigenvalue weighted by molar-refractivity contribution is 6.03. The fraction of sp³-hybridized carbons (Fsp3) is 0.500. The Morgan fingerprint density at radius 3 is 2.81 bits per heavy atom. The average Bonchev–Trinajstić information content (AvgIpc) is 3.04. The van der Waals surface area contributed by atoms with Gasteiger partial charge in [-0.1, -0.05) is 5.21 Å². The molecule has 140 valence electrons. The van der Waals surface area contributed by atoms with Crippen LogP contribution in [0.25, 0.3) is 0 Å². The van der Waals surface area contributed by atoms with E-state index in [0.29, 0.717) is 29.5 Å². The van der Waals surface area contributed by atoms with Crippen molar-refractivity contribution < 1.29 is 14.3 Å². The van der Waals surface area contributed by atoms with Crippen molar-refractivity contribution in [2.24, 2.45) is 0 Å². The number of carbonyl (C=O) groups excluding carboxylic acids is 1. The number of aromatic nitrogens is 3. The number of hydrogen-bond donors (Lipinski definition) is 2. The molecule has 1 aliphatic rings. The van der Waals surface area contributed by atoms with Crippen molar-refractivity contribution in [1.29, 1.82) is 0 Å². The zero-order valence-corrected chi connectivity index (χ0v) is 15.4. The van der Waals surface area contributed by atoms with E-state index in [2.05, 4.69) is 20.9 Å². The fourth-order valence-electron chi connectivity index (χ4n) is 3.16. The maximum Gasteiger partial charge on any atom is 0.278 e. The second kappa shape index (κ2) is 8.18. The molecule has 0 saturated carbocycles. The third-order valence-electron chi connectivity index (χ3n) is 4.52. The largest absolute Gasteiger partial charge is 0.493 e. The third kappa shape index (κ3) is 3.80. The fourth-order valence-corrected chi connectivity index (χ4v) is 3.16. The van der Waals surface area contributed by atoms with Crippen LogP contribution in [0, 0.1) is 6.92 Å². The molecule has 1 aromatic heterocycles. The summed E-state index contributed by atoms with van der Waals surface area (Å²) in [6, 6.07) is 5.56. The smallest absolute Gasteiger partial charge is 0.278 e. The Bertz CT molecular complexity index is 768. The summed E-state index contributed by atoms with van der Waals surface area (Å²) in [5.41, 5.74) is 1.75. The molecule has 1 amide bonds. The first-order valence-electron chi connectivity index (χ1n) is 8.88. The number of carbonyl (C=O) groups is 1. The number of methoxy groups -OCH3 is 1. The minimum atomic E-state index is -0.282. The number of nitrogens with one attached hydrogen (secondary N) is 2. The van der Waals surface area contributed by atoms with Crippen LogP contribution in [0.1, 0.15) is 42.0 Å². The Balaban J connectivity index is 1.76. The van der Waals surface area contributed by atoms with Crippen LogP contribution in [0.2, 0.25) is 0 Å². The van der Waals surface area contributed by atoms with Crippen molar-refractivity contribution >= 4 is 11.6 Å².